The zero-order valence-electron chi connectivity index (χ0n) is 24.4. The van der Waals surface area contributed by atoms with Gasteiger partial charge in [0.25, 0.3) is 5.91 Å². The lowest BCUT2D eigenvalue weighted by atomic mass is 9.95. The number of nitrogens with one attached hydrogen (secondary N) is 3. The van der Waals surface area contributed by atoms with E-state index in [0.717, 1.165) is 5.56 Å². The monoisotopic (exact) mass is 674 g/mol. The second-order valence-corrected chi connectivity index (χ2v) is 10.8. The molecule has 1 atom stereocenters. The third kappa shape index (κ3) is 8.81. The Morgan fingerprint density at radius 1 is 1.02 bits per heavy atom. The quantitative estimate of drug-likeness (QED) is 0.123. The Morgan fingerprint density at radius 2 is 1.82 bits per heavy atom. The van der Waals surface area contributed by atoms with E-state index in [1.54, 1.807) is 50.2 Å². The average Bonchev–Trinajstić information content (AvgIpc) is 2.99. The molecule has 3 aromatic carbocycles. The van der Waals surface area contributed by atoms with Gasteiger partial charge in [-0.2, -0.15) is 5.10 Å². The molecule has 0 aliphatic carbocycles. The molecule has 0 unspecified atom stereocenters. The zero-order chi connectivity index (χ0) is 32.5. The fourth-order valence-electron chi connectivity index (χ4n) is 4.37. The van der Waals surface area contributed by atoms with Gasteiger partial charge in [-0.15, -0.1) is 0 Å². The molecular weight excluding hydrogens is 647 g/mol. The van der Waals surface area contributed by atoms with Crippen molar-refractivity contribution in [2.75, 3.05) is 20.3 Å². The maximum absolute atomic E-state index is 12.6. The van der Waals surface area contributed by atoms with Crippen LogP contribution in [0, 0.1) is 0 Å². The Bertz CT molecular complexity index is 1660. The highest BCUT2D eigenvalue weighted by molar-refractivity contribution is 6.36. The summed E-state index contributed by atoms with van der Waals surface area (Å²) in [5.74, 6) is -0.296. The van der Waals surface area contributed by atoms with Crippen LogP contribution < -0.4 is 30.3 Å². The van der Waals surface area contributed by atoms with Crippen LogP contribution in [0.5, 0.6) is 17.2 Å². The first kappa shape index (κ1) is 33.4. The number of halogens is 3. The zero-order valence-corrected chi connectivity index (χ0v) is 26.7. The third-order valence-corrected chi connectivity index (χ3v) is 7.08. The number of methoxy groups -OCH3 is 1. The summed E-state index contributed by atoms with van der Waals surface area (Å²) in [5, 5.41) is 10.5. The van der Waals surface area contributed by atoms with Crippen LogP contribution in [-0.2, 0) is 20.9 Å². The lowest BCUT2D eigenvalue weighted by Crippen LogP contribution is -2.45. The molecule has 0 aromatic heterocycles. The molecule has 3 amide bonds. The molecule has 1 heterocycles. The van der Waals surface area contributed by atoms with Crippen LogP contribution in [0.4, 0.5) is 4.79 Å². The molecule has 0 saturated carbocycles. The minimum atomic E-state index is -0.794. The highest BCUT2D eigenvalue weighted by atomic mass is 35.5. The number of nitrogens with zero attached hydrogens (tertiary/aromatic N) is 1. The SMILES string of the molecule is CCOC(=O)C1=C(C)NC(=O)N[C@H]1c1ccc(OCC(=O)N/N=C/c2cc(Cl)cc(Cl)c2OCc2cccc(Cl)c2)c(OC)c1. The van der Waals surface area contributed by atoms with Crippen molar-refractivity contribution in [1.29, 1.82) is 0 Å². The molecule has 0 fully saturated rings. The number of hydrogen-bond donors (Lipinski definition) is 3. The van der Waals surface area contributed by atoms with Crippen molar-refractivity contribution >= 4 is 58.9 Å². The molecule has 14 heteroatoms. The number of hydrazone groups is 1. The summed E-state index contributed by atoms with van der Waals surface area (Å²) in [4.78, 5) is 37.3. The first-order chi connectivity index (χ1) is 21.6. The first-order valence-corrected chi connectivity index (χ1v) is 14.7. The predicted octanol–water partition coefficient (Wildman–Crippen LogP) is 5.95. The van der Waals surface area contributed by atoms with Gasteiger partial charge in [0.1, 0.15) is 12.4 Å². The van der Waals surface area contributed by atoms with Crippen LogP contribution in [-0.4, -0.2) is 44.4 Å². The van der Waals surface area contributed by atoms with Crippen molar-refractivity contribution in [3.63, 3.8) is 0 Å². The molecule has 4 rings (SSSR count). The number of benzene rings is 3. The number of ether oxygens (including phenoxy) is 4. The Hall–Kier alpha value is -4.45. The van der Waals surface area contributed by atoms with Gasteiger partial charge in [0.15, 0.2) is 18.1 Å². The molecular formula is C31H29Cl3N4O7. The number of urea groups is 1. The van der Waals surface area contributed by atoms with Crippen molar-refractivity contribution in [3.05, 3.63) is 97.6 Å². The van der Waals surface area contributed by atoms with Gasteiger partial charge in [0.2, 0.25) is 0 Å². The molecule has 11 nitrogen and oxygen atoms in total. The molecule has 0 bridgehead atoms. The second-order valence-electron chi connectivity index (χ2n) is 9.51. The van der Waals surface area contributed by atoms with Gasteiger partial charge in [0.05, 0.1) is 36.6 Å². The van der Waals surface area contributed by atoms with Crippen molar-refractivity contribution in [1.82, 2.24) is 16.1 Å². The number of rotatable bonds is 12. The van der Waals surface area contributed by atoms with Gasteiger partial charge in [-0.05, 0) is 61.4 Å². The van der Waals surface area contributed by atoms with E-state index in [9.17, 15) is 14.4 Å². The average molecular weight is 676 g/mol. The molecule has 45 heavy (non-hydrogen) atoms. The van der Waals surface area contributed by atoms with E-state index in [2.05, 4.69) is 21.2 Å². The number of esters is 1. The smallest absolute Gasteiger partial charge is 0.338 e. The maximum atomic E-state index is 12.6. The molecule has 0 saturated heterocycles. The van der Waals surface area contributed by atoms with Gasteiger partial charge >= 0.3 is 12.0 Å². The summed E-state index contributed by atoms with van der Waals surface area (Å²) in [6, 6.07) is 13.9. The summed E-state index contributed by atoms with van der Waals surface area (Å²) in [7, 11) is 1.42. The van der Waals surface area contributed by atoms with Crippen molar-refractivity contribution in [3.8, 4) is 17.2 Å². The highest BCUT2D eigenvalue weighted by Crippen LogP contribution is 2.35. The lowest BCUT2D eigenvalue weighted by Gasteiger charge is -2.28. The minimum absolute atomic E-state index is 0.171. The van der Waals surface area contributed by atoms with Gasteiger partial charge in [-0.25, -0.2) is 15.0 Å². The van der Waals surface area contributed by atoms with Crippen LogP contribution >= 0.6 is 34.8 Å². The molecule has 1 aliphatic heterocycles. The van der Waals surface area contributed by atoms with E-state index in [4.69, 9.17) is 53.8 Å². The number of amides is 3. The van der Waals surface area contributed by atoms with Gasteiger partial charge in [-0.3, -0.25) is 4.79 Å². The van der Waals surface area contributed by atoms with E-state index in [1.165, 1.54) is 19.4 Å². The minimum Gasteiger partial charge on any atom is -0.493 e. The molecule has 3 aromatic rings. The molecule has 1 aliphatic rings. The number of allylic oxidation sites excluding steroid dienone is 1. The van der Waals surface area contributed by atoms with E-state index in [0.29, 0.717) is 32.6 Å². The lowest BCUT2D eigenvalue weighted by molar-refractivity contribution is -0.139. The van der Waals surface area contributed by atoms with E-state index >= 15 is 0 Å². The van der Waals surface area contributed by atoms with Crippen LogP contribution in [0.1, 0.15) is 36.6 Å². The van der Waals surface area contributed by atoms with Crippen molar-refractivity contribution < 1.29 is 33.3 Å². The Morgan fingerprint density at radius 3 is 2.56 bits per heavy atom. The summed E-state index contributed by atoms with van der Waals surface area (Å²) < 4.78 is 22.2. The number of hydrogen-bond acceptors (Lipinski definition) is 8. The van der Waals surface area contributed by atoms with Crippen LogP contribution in [0.25, 0.3) is 0 Å². The fraction of sp³-hybridized carbons (Fsp3) is 0.226. The number of carbonyl (C=O) groups excluding carboxylic acids is 3. The molecule has 0 spiro atoms. The number of carbonyl (C=O) groups is 3. The Kier molecular flexibility index (Phi) is 11.5. The Balaban J connectivity index is 1.41. The highest BCUT2D eigenvalue weighted by Gasteiger charge is 2.32. The van der Waals surface area contributed by atoms with Gasteiger partial charge in [-0.1, -0.05) is 53.0 Å². The summed E-state index contributed by atoms with van der Waals surface area (Å²) in [6.07, 6.45) is 1.35. The maximum Gasteiger partial charge on any atom is 0.338 e. The van der Waals surface area contributed by atoms with Crippen LogP contribution in [0.3, 0.4) is 0 Å². The van der Waals surface area contributed by atoms with Crippen LogP contribution in [0.2, 0.25) is 15.1 Å². The van der Waals surface area contributed by atoms with Gasteiger partial charge in [0, 0.05) is 21.3 Å². The molecule has 236 valence electrons. The van der Waals surface area contributed by atoms with Crippen molar-refractivity contribution in [2.24, 2.45) is 5.10 Å². The largest absolute Gasteiger partial charge is 0.493 e. The molecule has 0 radical (unpaired) electrons. The van der Waals surface area contributed by atoms with E-state index in [1.807, 2.05) is 12.1 Å². The fourth-order valence-corrected chi connectivity index (χ4v) is 5.14. The second kappa shape index (κ2) is 15.5. The summed E-state index contributed by atoms with van der Waals surface area (Å²) in [5.41, 5.74) is 4.82. The Labute approximate surface area is 274 Å². The topological polar surface area (TPSA) is 137 Å². The molecule has 3 N–H and O–H groups in total. The van der Waals surface area contributed by atoms with Crippen molar-refractivity contribution in [2.45, 2.75) is 26.5 Å². The van der Waals surface area contributed by atoms with Crippen LogP contribution in [0.15, 0.2) is 71.0 Å². The third-order valence-electron chi connectivity index (χ3n) is 6.35. The standard InChI is InChI=1S/C31H29Cl3N4O7/c1-4-43-30(40)27-17(2)36-31(41)37-28(27)19-8-9-24(25(12-19)42-3)44-16-26(39)38-35-14-20-11-22(33)13-23(34)29(20)45-15-18-6-5-7-21(32)10-18/h5-14,28H,4,15-16H2,1-3H3,(H,38,39)(H2,36,37,41)/b35-14+/t28-/m0/s1. The summed E-state index contributed by atoms with van der Waals surface area (Å²) >= 11 is 18.6. The summed E-state index contributed by atoms with van der Waals surface area (Å²) in [6.45, 7) is 3.26. The van der Waals surface area contributed by atoms with Gasteiger partial charge < -0.3 is 29.6 Å². The van der Waals surface area contributed by atoms with E-state index in [-0.39, 0.29) is 35.3 Å². The van der Waals surface area contributed by atoms with E-state index < -0.39 is 30.6 Å². The predicted molar refractivity (Wildman–Crippen MR) is 170 cm³/mol. The first-order valence-electron chi connectivity index (χ1n) is 13.5. The normalized spacial score (nSPS) is 14.4.